The van der Waals surface area contributed by atoms with Gasteiger partial charge in [-0.25, -0.2) is 4.39 Å². The number of hydrogen-bond donors (Lipinski definition) is 0. The van der Waals surface area contributed by atoms with E-state index in [-0.39, 0.29) is 0 Å². The highest BCUT2D eigenvalue weighted by Gasteiger charge is 2.34. The summed E-state index contributed by atoms with van der Waals surface area (Å²) >= 11 is 0. The van der Waals surface area contributed by atoms with Crippen LogP contribution in [0, 0.1) is 11.6 Å². The van der Waals surface area contributed by atoms with E-state index in [2.05, 4.69) is 6.58 Å². The Morgan fingerprint density at radius 2 is 2.00 bits per heavy atom. The van der Waals surface area contributed by atoms with E-state index in [1.165, 1.54) is 0 Å². The van der Waals surface area contributed by atoms with Crippen LogP contribution in [0.3, 0.4) is 0 Å². The van der Waals surface area contributed by atoms with Crippen molar-refractivity contribution >= 4 is 5.97 Å². The maximum Gasteiger partial charge on any atom is 0.200 e. The van der Waals surface area contributed by atoms with E-state index >= 15 is 0 Å². The lowest BCUT2D eigenvalue weighted by Crippen LogP contribution is -2.30. The normalized spacial score (nSPS) is 17.2. The molecule has 1 aromatic carbocycles. The van der Waals surface area contributed by atoms with Crippen molar-refractivity contribution in [2.24, 2.45) is 0 Å². The summed E-state index contributed by atoms with van der Waals surface area (Å²) in [6.45, 7) is 3.65. The average molecular weight is 267 g/mol. The number of carboxylic acids is 1. The molecule has 1 aromatic rings. The smallest absolute Gasteiger partial charge is 0.200 e. The minimum absolute atomic E-state index is 0.416. The van der Waals surface area contributed by atoms with E-state index in [9.17, 15) is 18.7 Å². The van der Waals surface area contributed by atoms with Crippen molar-refractivity contribution in [1.29, 1.82) is 0 Å². The summed E-state index contributed by atoms with van der Waals surface area (Å²) in [4.78, 5) is 10.7. The standard InChI is InChI=1S/C14H14F2O3/c1-2-14(5-3-4-6-14)19-11-8-9(13(17)18)7-10(15)12(11)16/h2,7-8H,1,3-6H2,(H,17,18)/p-1. The Balaban J connectivity index is 2.38. The van der Waals surface area contributed by atoms with Gasteiger partial charge >= 0.3 is 0 Å². The molecule has 19 heavy (non-hydrogen) atoms. The lowest BCUT2D eigenvalue weighted by atomic mass is 10.0. The van der Waals surface area contributed by atoms with Crippen molar-refractivity contribution in [3.8, 4) is 5.75 Å². The number of halogens is 2. The molecule has 1 aliphatic rings. The van der Waals surface area contributed by atoms with E-state index in [0.29, 0.717) is 18.9 Å². The van der Waals surface area contributed by atoms with Gasteiger partial charge in [-0.2, -0.15) is 4.39 Å². The van der Waals surface area contributed by atoms with Gasteiger partial charge in [-0.05, 0) is 43.9 Å². The Morgan fingerprint density at radius 1 is 1.37 bits per heavy atom. The quantitative estimate of drug-likeness (QED) is 0.786. The fraction of sp³-hybridized carbons (Fsp3) is 0.357. The molecule has 5 heteroatoms. The maximum absolute atomic E-state index is 13.7. The van der Waals surface area contributed by atoms with Crippen LogP contribution < -0.4 is 9.84 Å². The molecule has 1 saturated carbocycles. The van der Waals surface area contributed by atoms with Gasteiger partial charge in [-0.15, -0.1) is 0 Å². The zero-order valence-electron chi connectivity index (χ0n) is 10.2. The van der Waals surface area contributed by atoms with Crippen LogP contribution in [0.5, 0.6) is 5.75 Å². The first-order valence-electron chi connectivity index (χ1n) is 6.00. The molecule has 0 unspecified atom stereocenters. The first-order chi connectivity index (χ1) is 8.97. The fourth-order valence-electron chi connectivity index (χ4n) is 2.30. The topological polar surface area (TPSA) is 49.4 Å². The molecule has 0 aliphatic heterocycles. The number of rotatable bonds is 4. The molecule has 1 aliphatic carbocycles. The zero-order chi connectivity index (χ0) is 14.0. The van der Waals surface area contributed by atoms with Gasteiger partial charge in [0.2, 0.25) is 5.82 Å². The highest BCUT2D eigenvalue weighted by molar-refractivity contribution is 5.86. The van der Waals surface area contributed by atoms with E-state index < -0.39 is 34.5 Å². The van der Waals surface area contributed by atoms with E-state index in [4.69, 9.17) is 4.74 Å². The van der Waals surface area contributed by atoms with Crippen LogP contribution in [0.4, 0.5) is 8.78 Å². The number of carbonyl (C=O) groups excluding carboxylic acids is 1. The molecule has 0 spiro atoms. The molecule has 1 fully saturated rings. The van der Waals surface area contributed by atoms with Crippen LogP contribution in [0.15, 0.2) is 24.8 Å². The molecule has 0 saturated heterocycles. The average Bonchev–Trinajstić information content (AvgIpc) is 2.83. The summed E-state index contributed by atoms with van der Waals surface area (Å²) in [5.74, 6) is -4.46. The molecule has 0 atom stereocenters. The Morgan fingerprint density at radius 3 is 2.53 bits per heavy atom. The fourth-order valence-corrected chi connectivity index (χ4v) is 2.30. The van der Waals surface area contributed by atoms with Gasteiger partial charge in [-0.3, -0.25) is 0 Å². The van der Waals surface area contributed by atoms with Crippen LogP contribution in [0.1, 0.15) is 36.0 Å². The summed E-state index contributed by atoms with van der Waals surface area (Å²) in [6.07, 6.45) is 4.65. The zero-order valence-corrected chi connectivity index (χ0v) is 10.2. The molecule has 102 valence electrons. The van der Waals surface area contributed by atoms with Crippen LogP contribution >= 0.6 is 0 Å². The number of hydrogen-bond acceptors (Lipinski definition) is 3. The van der Waals surface area contributed by atoms with Crippen LogP contribution in [-0.4, -0.2) is 11.6 Å². The molecule has 3 nitrogen and oxygen atoms in total. The Bertz CT molecular complexity index is 520. The second-order valence-corrected chi connectivity index (χ2v) is 4.64. The van der Waals surface area contributed by atoms with Crippen molar-refractivity contribution in [2.75, 3.05) is 0 Å². The van der Waals surface area contributed by atoms with Crippen molar-refractivity contribution < 1.29 is 23.4 Å². The van der Waals surface area contributed by atoms with Crippen LogP contribution in [0.2, 0.25) is 0 Å². The molecule has 0 bridgehead atoms. The van der Waals surface area contributed by atoms with Gasteiger partial charge in [-0.1, -0.05) is 6.58 Å². The van der Waals surface area contributed by atoms with Crippen molar-refractivity contribution in [3.05, 3.63) is 42.0 Å². The molecular weight excluding hydrogens is 254 g/mol. The second-order valence-electron chi connectivity index (χ2n) is 4.64. The largest absolute Gasteiger partial charge is 0.545 e. The Hall–Kier alpha value is -1.91. The summed E-state index contributed by atoms with van der Waals surface area (Å²) < 4.78 is 32.5. The Labute approximate surface area is 109 Å². The van der Waals surface area contributed by atoms with Gasteiger partial charge in [0.25, 0.3) is 0 Å². The third-order valence-corrected chi connectivity index (χ3v) is 3.37. The summed E-state index contributed by atoms with van der Waals surface area (Å²) in [6, 6.07) is 1.52. The lowest BCUT2D eigenvalue weighted by Gasteiger charge is -2.27. The van der Waals surface area contributed by atoms with E-state index in [1.54, 1.807) is 6.08 Å². The molecular formula is C14H13F2O3-. The highest BCUT2D eigenvalue weighted by atomic mass is 19.2. The molecule has 0 radical (unpaired) electrons. The highest BCUT2D eigenvalue weighted by Crippen LogP contribution is 2.36. The third-order valence-electron chi connectivity index (χ3n) is 3.37. The van der Waals surface area contributed by atoms with E-state index in [0.717, 1.165) is 18.9 Å². The number of ether oxygens (including phenoxy) is 1. The predicted molar refractivity (Wildman–Crippen MR) is 62.7 cm³/mol. The number of aromatic carboxylic acids is 1. The first kappa shape index (κ1) is 13.5. The van der Waals surface area contributed by atoms with Crippen LogP contribution in [-0.2, 0) is 0 Å². The molecule has 0 heterocycles. The van der Waals surface area contributed by atoms with Crippen molar-refractivity contribution in [3.63, 3.8) is 0 Å². The summed E-state index contributed by atoms with van der Waals surface area (Å²) in [5, 5.41) is 10.7. The SMILES string of the molecule is C=CC1(Oc2cc(C(=O)[O-])cc(F)c2F)CCCC1. The van der Waals surface area contributed by atoms with Crippen LogP contribution in [0.25, 0.3) is 0 Å². The lowest BCUT2D eigenvalue weighted by molar-refractivity contribution is -0.255. The monoisotopic (exact) mass is 267 g/mol. The Kier molecular flexibility index (Phi) is 3.55. The van der Waals surface area contributed by atoms with E-state index in [1.807, 2.05) is 0 Å². The summed E-state index contributed by atoms with van der Waals surface area (Å²) in [5.41, 5.74) is -1.20. The van der Waals surface area contributed by atoms with Gasteiger partial charge in [0.1, 0.15) is 5.60 Å². The number of carbonyl (C=O) groups is 1. The van der Waals surface area contributed by atoms with Gasteiger partial charge in [0.15, 0.2) is 11.6 Å². The molecule has 0 amide bonds. The third kappa shape index (κ3) is 2.59. The first-order valence-corrected chi connectivity index (χ1v) is 6.00. The minimum atomic E-state index is -1.58. The molecule has 0 N–H and O–H groups in total. The number of benzene rings is 1. The van der Waals surface area contributed by atoms with Gasteiger partial charge in [0.05, 0.1) is 5.97 Å². The summed E-state index contributed by atoms with van der Waals surface area (Å²) in [7, 11) is 0. The van der Waals surface area contributed by atoms with Gasteiger partial charge in [0, 0.05) is 5.56 Å². The second kappa shape index (κ2) is 4.99. The number of carboxylic acid groups (broad SMARTS) is 1. The van der Waals surface area contributed by atoms with Crippen molar-refractivity contribution in [2.45, 2.75) is 31.3 Å². The molecule has 0 aromatic heterocycles. The molecule has 2 rings (SSSR count). The van der Waals surface area contributed by atoms with Crippen molar-refractivity contribution in [1.82, 2.24) is 0 Å². The maximum atomic E-state index is 13.7. The predicted octanol–water partition coefficient (Wildman–Crippen LogP) is 2.21. The minimum Gasteiger partial charge on any atom is -0.545 e. The van der Waals surface area contributed by atoms with Gasteiger partial charge < -0.3 is 14.6 Å².